The molecule has 1 aliphatic heterocycles. The molecule has 23 heavy (non-hydrogen) atoms. The van der Waals surface area contributed by atoms with E-state index in [0.29, 0.717) is 38.7 Å². The zero-order valence-electron chi connectivity index (χ0n) is 12.0. The normalized spacial score (nSPS) is 12.3. The van der Waals surface area contributed by atoms with Gasteiger partial charge in [-0.15, -0.1) is 11.8 Å². The standard InChI is InChI=1S/C16H13Cl2NO3S/c17-11-2-1-10(13(18)5-11)7-23-8-16(20)19-12-3-4-14-15(6-12)22-9-21-14/h1-6H,7-9H2,(H,19,20). The highest BCUT2D eigenvalue weighted by molar-refractivity contribution is 7.99. The Balaban J connectivity index is 1.50. The number of fused-ring (bicyclic) bond motifs is 1. The molecule has 0 atom stereocenters. The van der Waals surface area contributed by atoms with Crippen molar-refractivity contribution < 1.29 is 14.3 Å². The molecule has 0 unspecified atom stereocenters. The van der Waals surface area contributed by atoms with Crippen LogP contribution in [0.4, 0.5) is 5.69 Å². The van der Waals surface area contributed by atoms with Crippen LogP contribution in [0.5, 0.6) is 11.5 Å². The van der Waals surface area contributed by atoms with E-state index in [1.165, 1.54) is 11.8 Å². The van der Waals surface area contributed by atoms with Crippen LogP contribution in [0.1, 0.15) is 5.56 Å². The Morgan fingerprint density at radius 1 is 1.13 bits per heavy atom. The second kappa shape index (κ2) is 7.34. The summed E-state index contributed by atoms with van der Waals surface area (Å²) >= 11 is 13.4. The molecule has 0 radical (unpaired) electrons. The van der Waals surface area contributed by atoms with Crippen LogP contribution >= 0.6 is 35.0 Å². The van der Waals surface area contributed by atoms with Gasteiger partial charge in [0.05, 0.1) is 5.75 Å². The van der Waals surface area contributed by atoms with E-state index in [-0.39, 0.29) is 12.7 Å². The molecule has 0 aliphatic carbocycles. The lowest BCUT2D eigenvalue weighted by Gasteiger charge is -2.07. The van der Waals surface area contributed by atoms with E-state index in [9.17, 15) is 4.79 Å². The number of amides is 1. The first-order valence-corrected chi connectivity index (χ1v) is 8.74. The number of hydrogen-bond donors (Lipinski definition) is 1. The fourth-order valence-corrected chi connectivity index (χ4v) is 3.45. The minimum absolute atomic E-state index is 0.0843. The van der Waals surface area contributed by atoms with Gasteiger partial charge in [0.25, 0.3) is 0 Å². The highest BCUT2D eigenvalue weighted by Crippen LogP contribution is 2.34. The Morgan fingerprint density at radius 3 is 2.78 bits per heavy atom. The number of halogens is 2. The summed E-state index contributed by atoms with van der Waals surface area (Å²) in [6, 6.07) is 10.7. The molecule has 2 aromatic rings. The first-order valence-electron chi connectivity index (χ1n) is 6.83. The predicted octanol–water partition coefficient (Wildman–Crippen LogP) is 4.59. The Morgan fingerprint density at radius 2 is 1.96 bits per heavy atom. The van der Waals surface area contributed by atoms with Crippen molar-refractivity contribution in [2.75, 3.05) is 17.9 Å². The summed E-state index contributed by atoms with van der Waals surface area (Å²) in [4.78, 5) is 12.0. The van der Waals surface area contributed by atoms with Crippen LogP contribution < -0.4 is 14.8 Å². The van der Waals surface area contributed by atoms with Gasteiger partial charge in [-0.3, -0.25) is 4.79 Å². The quantitative estimate of drug-likeness (QED) is 0.836. The van der Waals surface area contributed by atoms with Crippen molar-refractivity contribution >= 4 is 46.6 Å². The van der Waals surface area contributed by atoms with Crippen LogP contribution in [0.3, 0.4) is 0 Å². The zero-order chi connectivity index (χ0) is 16.2. The largest absolute Gasteiger partial charge is 0.454 e. The number of carbonyl (C=O) groups excluding carboxylic acids is 1. The number of rotatable bonds is 5. The third kappa shape index (κ3) is 4.25. The summed E-state index contributed by atoms with van der Waals surface area (Å²) in [7, 11) is 0. The van der Waals surface area contributed by atoms with E-state index >= 15 is 0 Å². The minimum Gasteiger partial charge on any atom is -0.454 e. The van der Waals surface area contributed by atoms with Crippen molar-refractivity contribution in [2.24, 2.45) is 0 Å². The van der Waals surface area contributed by atoms with Gasteiger partial charge in [-0.05, 0) is 29.8 Å². The zero-order valence-corrected chi connectivity index (χ0v) is 14.3. The lowest BCUT2D eigenvalue weighted by molar-refractivity contribution is -0.113. The number of anilines is 1. The maximum Gasteiger partial charge on any atom is 0.234 e. The Labute approximate surface area is 148 Å². The third-order valence-corrected chi connectivity index (χ3v) is 4.73. The average molecular weight is 370 g/mol. The molecule has 0 fully saturated rings. The second-order valence-corrected chi connectivity index (χ2v) is 6.67. The summed E-state index contributed by atoms with van der Waals surface area (Å²) in [6.07, 6.45) is 0. The van der Waals surface area contributed by atoms with Crippen molar-refractivity contribution in [3.05, 3.63) is 52.0 Å². The van der Waals surface area contributed by atoms with E-state index in [1.807, 2.05) is 6.07 Å². The van der Waals surface area contributed by atoms with Gasteiger partial charge in [0.2, 0.25) is 12.7 Å². The van der Waals surface area contributed by atoms with Crippen LogP contribution in [-0.4, -0.2) is 18.5 Å². The van der Waals surface area contributed by atoms with E-state index < -0.39 is 0 Å². The summed E-state index contributed by atoms with van der Waals surface area (Å²) in [5.41, 5.74) is 1.64. The maximum atomic E-state index is 12.0. The molecule has 0 saturated carbocycles. The molecule has 1 aliphatic rings. The van der Waals surface area contributed by atoms with Crippen molar-refractivity contribution in [1.29, 1.82) is 0 Å². The van der Waals surface area contributed by atoms with Gasteiger partial charge in [0.1, 0.15) is 0 Å². The lowest BCUT2D eigenvalue weighted by atomic mass is 10.2. The summed E-state index contributed by atoms with van der Waals surface area (Å²) < 4.78 is 10.5. The fraction of sp³-hybridized carbons (Fsp3) is 0.188. The number of hydrogen-bond acceptors (Lipinski definition) is 4. The topological polar surface area (TPSA) is 47.6 Å². The molecule has 1 N–H and O–H groups in total. The highest BCUT2D eigenvalue weighted by Gasteiger charge is 2.14. The van der Waals surface area contributed by atoms with Crippen LogP contribution in [0.2, 0.25) is 10.0 Å². The van der Waals surface area contributed by atoms with Gasteiger partial charge in [0, 0.05) is 27.6 Å². The Kier molecular flexibility index (Phi) is 5.20. The van der Waals surface area contributed by atoms with Crippen molar-refractivity contribution in [2.45, 2.75) is 5.75 Å². The lowest BCUT2D eigenvalue weighted by Crippen LogP contribution is -2.14. The Hall–Kier alpha value is -1.56. The molecule has 3 rings (SSSR count). The Bertz CT molecular complexity index is 739. The summed E-state index contributed by atoms with van der Waals surface area (Å²) in [5.74, 6) is 2.22. The molecule has 1 amide bonds. The van der Waals surface area contributed by atoms with Gasteiger partial charge >= 0.3 is 0 Å². The molecule has 0 aromatic heterocycles. The number of ether oxygens (including phenoxy) is 2. The van der Waals surface area contributed by atoms with Gasteiger partial charge in [-0.25, -0.2) is 0 Å². The van der Waals surface area contributed by atoms with E-state index in [2.05, 4.69) is 5.32 Å². The number of nitrogens with one attached hydrogen (secondary N) is 1. The first kappa shape index (κ1) is 16.3. The molecule has 2 aromatic carbocycles. The van der Waals surface area contributed by atoms with Crippen LogP contribution in [0, 0.1) is 0 Å². The SMILES string of the molecule is O=C(CSCc1ccc(Cl)cc1Cl)Nc1ccc2c(c1)OCO2. The smallest absolute Gasteiger partial charge is 0.234 e. The third-order valence-electron chi connectivity index (χ3n) is 3.16. The fourth-order valence-electron chi connectivity index (χ4n) is 2.06. The second-order valence-electron chi connectivity index (χ2n) is 4.84. The van der Waals surface area contributed by atoms with Crippen molar-refractivity contribution in [1.82, 2.24) is 0 Å². The molecular formula is C16H13Cl2NO3S. The molecule has 120 valence electrons. The average Bonchev–Trinajstić information content (AvgIpc) is 2.97. The molecule has 7 heteroatoms. The van der Waals surface area contributed by atoms with Gasteiger partial charge in [-0.1, -0.05) is 29.3 Å². The number of carbonyl (C=O) groups is 1. The maximum absolute atomic E-state index is 12.0. The minimum atomic E-state index is -0.0843. The summed E-state index contributed by atoms with van der Waals surface area (Å²) in [6.45, 7) is 0.213. The van der Waals surface area contributed by atoms with E-state index in [1.54, 1.807) is 30.3 Å². The van der Waals surface area contributed by atoms with Gasteiger partial charge in [0.15, 0.2) is 11.5 Å². The molecule has 0 spiro atoms. The summed E-state index contributed by atoms with van der Waals surface area (Å²) in [5, 5.41) is 4.05. The highest BCUT2D eigenvalue weighted by atomic mass is 35.5. The van der Waals surface area contributed by atoms with Crippen LogP contribution in [0.25, 0.3) is 0 Å². The van der Waals surface area contributed by atoms with E-state index in [4.69, 9.17) is 32.7 Å². The van der Waals surface area contributed by atoms with Gasteiger partial charge in [-0.2, -0.15) is 0 Å². The van der Waals surface area contributed by atoms with Crippen LogP contribution in [-0.2, 0) is 10.5 Å². The molecule has 1 heterocycles. The number of benzene rings is 2. The predicted molar refractivity (Wildman–Crippen MR) is 93.8 cm³/mol. The molecule has 0 saturated heterocycles. The molecule has 4 nitrogen and oxygen atoms in total. The number of thioether (sulfide) groups is 1. The monoisotopic (exact) mass is 369 g/mol. The molecular weight excluding hydrogens is 357 g/mol. The van der Waals surface area contributed by atoms with Crippen LogP contribution in [0.15, 0.2) is 36.4 Å². The van der Waals surface area contributed by atoms with Crippen molar-refractivity contribution in [3.63, 3.8) is 0 Å². The van der Waals surface area contributed by atoms with Gasteiger partial charge < -0.3 is 14.8 Å². The first-order chi connectivity index (χ1) is 11.1. The molecule has 0 bridgehead atoms. The van der Waals surface area contributed by atoms with E-state index in [0.717, 1.165) is 5.56 Å². The van der Waals surface area contributed by atoms with Crippen molar-refractivity contribution in [3.8, 4) is 11.5 Å².